The van der Waals surface area contributed by atoms with E-state index in [2.05, 4.69) is 60.6 Å². The summed E-state index contributed by atoms with van der Waals surface area (Å²) in [6.45, 7) is 5.55. The third kappa shape index (κ3) is 5.12. The summed E-state index contributed by atoms with van der Waals surface area (Å²) in [6, 6.07) is 18.6. The average molecular weight is 284 g/mol. The van der Waals surface area contributed by atoms with E-state index in [1.165, 1.54) is 11.3 Å². The van der Waals surface area contributed by atoms with Gasteiger partial charge in [0.2, 0.25) is 0 Å². The van der Waals surface area contributed by atoms with E-state index in [1.54, 1.807) is 0 Å². The zero-order valence-electron chi connectivity index (χ0n) is 12.9. The van der Waals surface area contributed by atoms with Crippen LogP contribution in [-0.4, -0.2) is 26.7 Å². The van der Waals surface area contributed by atoms with Gasteiger partial charge in [0.15, 0.2) is 0 Å². The maximum Gasteiger partial charge on any atom is 0.119 e. The molecule has 0 unspecified atom stereocenters. The fourth-order valence-electron chi connectivity index (χ4n) is 2.08. The van der Waals surface area contributed by atoms with Crippen molar-refractivity contribution in [2.45, 2.75) is 13.5 Å². The van der Waals surface area contributed by atoms with Crippen molar-refractivity contribution in [2.24, 2.45) is 0 Å². The van der Waals surface area contributed by atoms with Gasteiger partial charge in [0.05, 0.1) is 6.54 Å². The molecule has 0 aliphatic carbocycles. The minimum Gasteiger partial charge on any atom is -0.492 e. The van der Waals surface area contributed by atoms with E-state index in [9.17, 15) is 0 Å². The Hall–Kier alpha value is -2.00. The van der Waals surface area contributed by atoms with Crippen LogP contribution in [-0.2, 0) is 6.54 Å². The largest absolute Gasteiger partial charge is 0.492 e. The number of nitrogens with one attached hydrogen (secondary N) is 1. The topological polar surface area (TPSA) is 24.5 Å². The van der Waals surface area contributed by atoms with Gasteiger partial charge in [-0.15, -0.1) is 0 Å². The zero-order valence-corrected chi connectivity index (χ0v) is 12.9. The molecule has 0 spiro atoms. The highest BCUT2D eigenvalue weighted by atomic mass is 16.5. The van der Waals surface area contributed by atoms with Crippen LogP contribution in [0.2, 0.25) is 0 Å². The Bertz CT molecular complexity index is 511. The molecule has 3 nitrogen and oxygen atoms in total. The van der Waals surface area contributed by atoms with Gasteiger partial charge in [0.1, 0.15) is 12.4 Å². The molecule has 0 fully saturated rings. The Morgan fingerprint density at radius 2 is 1.71 bits per heavy atom. The van der Waals surface area contributed by atoms with E-state index in [-0.39, 0.29) is 0 Å². The van der Waals surface area contributed by atoms with Crippen LogP contribution in [0.25, 0.3) is 0 Å². The summed E-state index contributed by atoms with van der Waals surface area (Å²) in [5.74, 6) is 0.928. The Morgan fingerprint density at radius 3 is 2.38 bits per heavy atom. The standard InChI is InChI=1S/C18H24N2O/c1-3-19-15-16-9-11-18(12-10-16)21-14-13-20(2)17-7-5-4-6-8-17/h4-12,19H,3,13-15H2,1-2H3. The molecule has 0 atom stereocenters. The molecule has 0 saturated heterocycles. The molecule has 0 saturated carbocycles. The number of hydrogen-bond donors (Lipinski definition) is 1. The Kier molecular flexibility index (Phi) is 6.10. The summed E-state index contributed by atoms with van der Waals surface area (Å²) in [6.07, 6.45) is 0. The molecule has 3 heteroatoms. The van der Waals surface area contributed by atoms with Gasteiger partial charge in [-0.1, -0.05) is 37.3 Å². The Labute approximate surface area is 127 Å². The number of nitrogens with zero attached hydrogens (tertiary/aromatic N) is 1. The molecule has 112 valence electrons. The van der Waals surface area contributed by atoms with Gasteiger partial charge in [0, 0.05) is 19.3 Å². The molecule has 0 aliphatic heterocycles. The highest BCUT2D eigenvalue weighted by Gasteiger charge is 2.00. The first-order valence-corrected chi connectivity index (χ1v) is 7.48. The van der Waals surface area contributed by atoms with Gasteiger partial charge in [-0.25, -0.2) is 0 Å². The summed E-state index contributed by atoms with van der Waals surface area (Å²) >= 11 is 0. The lowest BCUT2D eigenvalue weighted by Gasteiger charge is -2.19. The number of anilines is 1. The first-order valence-electron chi connectivity index (χ1n) is 7.48. The summed E-state index contributed by atoms with van der Waals surface area (Å²) in [7, 11) is 2.08. The normalized spacial score (nSPS) is 10.4. The smallest absolute Gasteiger partial charge is 0.119 e. The third-order valence-electron chi connectivity index (χ3n) is 3.39. The lowest BCUT2D eigenvalue weighted by Crippen LogP contribution is -2.23. The second-order valence-corrected chi connectivity index (χ2v) is 5.03. The molecule has 0 bridgehead atoms. The van der Waals surface area contributed by atoms with Crippen molar-refractivity contribution in [3.8, 4) is 5.75 Å². The summed E-state index contributed by atoms with van der Waals surface area (Å²) in [5.41, 5.74) is 2.49. The third-order valence-corrected chi connectivity index (χ3v) is 3.39. The minimum absolute atomic E-state index is 0.679. The lowest BCUT2D eigenvalue weighted by molar-refractivity contribution is 0.326. The first kappa shape index (κ1) is 15.4. The van der Waals surface area contributed by atoms with Crippen molar-refractivity contribution < 1.29 is 4.74 Å². The van der Waals surface area contributed by atoms with Crippen molar-refractivity contribution in [2.75, 3.05) is 31.6 Å². The molecule has 2 aromatic carbocycles. The number of hydrogen-bond acceptors (Lipinski definition) is 3. The summed E-state index contributed by atoms with van der Waals surface area (Å²) < 4.78 is 5.80. The van der Waals surface area contributed by atoms with E-state index in [4.69, 9.17) is 4.74 Å². The molecule has 1 N–H and O–H groups in total. The van der Waals surface area contributed by atoms with E-state index >= 15 is 0 Å². The van der Waals surface area contributed by atoms with Crippen molar-refractivity contribution in [1.29, 1.82) is 0 Å². The lowest BCUT2D eigenvalue weighted by atomic mass is 10.2. The van der Waals surface area contributed by atoms with Crippen LogP contribution >= 0.6 is 0 Å². The SMILES string of the molecule is CCNCc1ccc(OCCN(C)c2ccccc2)cc1. The quantitative estimate of drug-likeness (QED) is 0.805. The molecule has 2 aromatic rings. The van der Waals surface area contributed by atoms with Crippen molar-refractivity contribution in [3.63, 3.8) is 0 Å². The fourth-order valence-corrected chi connectivity index (χ4v) is 2.08. The van der Waals surface area contributed by atoms with Crippen LogP contribution < -0.4 is 15.0 Å². The van der Waals surface area contributed by atoms with Crippen molar-refractivity contribution in [3.05, 3.63) is 60.2 Å². The molecule has 0 heterocycles. The molecule has 0 amide bonds. The second-order valence-electron chi connectivity index (χ2n) is 5.03. The van der Waals surface area contributed by atoms with Crippen LogP contribution in [0.3, 0.4) is 0 Å². The zero-order chi connectivity index (χ0) is 14.9. The second kappa shape index (κ2) is 8.32. The van der Waals surface area contributed by atoms with Gasteiger partial charge >= 0.3 is 0 Å². The van der Waals surface area contributed by atoms with E-state index in [0.29, 0.717) is 6.61 Å². The molecule has 2 rings (SSSR count). The Morgan fingerprint density at radius 1 is 1.00 bits per heavy atom. The van der Waals surface area contributed by atoms with E-state index in [1.807, 2.05) is 18.2 Å². The molecule has 0 radical (unpaired) electrons. The van der Waals surface area contributed by atoms with Gasteiger partial charge < -0.3 is 15.0 Å². The number of benzene rings is 2. The predicted octanol–water partition coefficient (Wildman–Crippen LogP) is 3.31. The summed E-state index contributed by atoms with van der Waals surface area (Å²) in [4.78, 5) is 2.19. The molecular formula is C18H24N2O. The molecule has 0 aliphatic rings. The number of ether oxygens (including phenoxy) is 1. The fraction of sp³-hybridized carbons (Fsp3) is 0.333. The average Bonchev–Trinajstić information content (AvgIpc) is 2.55. The maximum absolute atomic E-state index is 5.80. The maximum atomic E-state index is 5.80. The molecule has 0 aromatic heterocycles. The predicted molar refractivity (Wildman–Crippen MR) is 89.0 cm³/mol. The van der Waals surface area contributed by atoms with Crippen LogP contribution in [0.5, 0.6) is 5.75 Å². The van der Waals surface area contributed by atoms with Gasteiger partial charge in [-0.3, -0.25) is 0 Å². The van der Waals surface area contributed by atoms with Crippen LogP contribution in [0.4, 0.5) is 5.69 Å². The Balaban J connectivity index is 1.75. The van der Waals surface area contributed by atoms with Crippen LogP contribution in [0.15, 0.2) is 54.6 Å². The van der Waals surface area contributed by atoms with Gasteiger partial charge in [-0.05, 0) is 36.4 Å². The first-order chi connectivity index (χ1) is 10.3. The number of rotatable bonds is 8. The highest BCUT2D eigenvalue weighted by Crippen LogP contribution is 2.13. The minimum atomic E-state index is 0.679. The van der Waals surface area contributed by atoms with Crippen LogP contribution in [0.1, 0.15) is 12.5 Å². The summed E-state index contributed by atoms with van der Waals surface area (Å²) in [5, 5.41) is 3.31. The monoisotopic (exact) mass is 284 g/mol. The molecule has 21 heavy (non-hydrogen) atoms. The van der Waals surface area contributed by atoms with Gasteiger partial charge in [0.25, 0.3) is 0 Å². The number of likely N-dealkylation sites (N-methyl/N-ethyl adjacent to an activating group) is 1. The van der Waals surface area contributed by atoms with Crippen molar-refractivity contribution in [1.82, 2.24) is 5.32 Å². The van der Waals surface area contributed by atoms with Gasteiger partial charge in [-0.2, -0.15) is 0 Å². The number of para-hydroxylation sites is 1. The van der Waals surface area contributed by atoms with Crippen molar-refractivity contribution >= 4 is 5.69 Å². The van der Waals surface area contributed by atoms with E-state index in [0.717, 1.165) is 25.4 Å². The van der Waals surface area contributed by atoms with Crippen LogP contribution in [0, 0.1) is 0 Å². The molecular weight excluding hydrogens is 260 g/mol. The van der Waals surface area contributed by atoms with E-state index < -0.39 is 0 Å². The highest BCUT2D eigenvalue weighted by molar-refractivity contribution is 5.44.